The van der Waals surface area contributed by atoms with E-state index >= 15 is 0 Å². The summed E-state index contributed by atoms with van der Waals surface area (Å²) in [6.07, 6.45) is 0. The summed E-state index contributed by atoms with van der Waals surface area (Å²) in [6.45, 7) is 0.868. The Labute approximate surface area is 141 Å². The van der Waals surface area contributed by atoms with Gasteiger partial charge in [-0.1, -0.05) is 6.07 Å². The van der Waals surface area contributed by atoms with Crippen LogP contribution in [0.5, 0.6) is 0 Å². The Kier molecular flexibility index (Phi) is 5.29. The Bertz CT molecular complexity index is 848. The lowest BCUT2D eigenvalue weighted by atomic mass is 9.95. The summed E-state index contributed by atoms with van der Waals surface area (Å²) in [6, 6.07) is 6.89. The van der Waals surface area contributed by atoms with Crippen molar-refractivity contribution in [2.75, 3.05) is 11.9 Å². The van der Waals surface area contributed by atoms with Crippen LogP contribution in [0.1, 0.15) is 18.1 Å². The Morgan fingerprint density at radius 3 is 2.48 bits per heavy atom. The standard InChI is InChI=1S/C17H14F3N3O2/c1-17(25,13-4-2-12(19)7-14(13)20)9-22-16(24)23-15-5-3-11(18)6-10(15)8-21/h2-7,25H,9H2,1H3,(H2,22,23,24). The van der Waals surface area contributed by atoms with Crippen LogP contribution in [-0.4, -0.2) is 17.7 Å². The average Bonchev–Trinajstić information content (AvgIpc) is 2.54. The van der Waals surface area contributed by atoms with E-state index in [9.17, 15) is 23.1 Å². The smallest absolute Gasteiger partial charge is 0.319 e. The first-order valence-corrected chi connectivity index (χ1v) is 7.15. The van der Waals surface area contributed by atoms with Crippen molar-refractivity contribution >= 4 is 11.7 Å². The number of halogens is 3. The number of nitrogens with zero attached hydrogens (tertiary/aromatic N) is 1. The maximum Gasteiger partial charge on any atom is 0.319 e. The predicted octanol–water partition coefficient (Wildman–Crippen LogP) is 3.00. The molecule has 2 aromatic rings. The molecule has 0 aliphatic carbocycles. The summed E-state index contributed by atoms with van der Waals surface area (Å²) in [4.78, 5) is 11.9. The molecule has 0 heterocycles. The van der Waals surface area contributed by atoms with Gasteiger partial charge in [-0.3, -0.25) is 0 Å². The van der Waals surface area contributed by atoms with Crippen molar-refractivity contribution in [2.45, 2.75) is 12.5 Å². The van der Waals surface area contributed by atoms with Gasteiger partial charge in [0, 0.05) is 11.6 Å². The van der Waals surface area contributed by atoms with Crippen molar-refractivity contribution in [3.63, 3.8) is 0 Å². The lowest BCUT2D eigenvalue weighted by Gasteiger charge is -2.24. The summed E-state index contributed by atoms with van der Waals surface area (Å²) < 4.78 is 39.7. The van der Waals surface area contributed by atoms with Crippen LogP contribution in [0.15, 0.2) is 36.4 Å². The van der Waals surface area contributed by atoms with E-state index in [1.807, 2.05) is 0 Å². The van der Waals surface area contributed by atoms with Gasteiger partial charge in [0.2, 0.25) is 0 Å². The van der Waals surface area contributed by atoms with Gasteiger partial charge >= 0.3 is 6.03 Å². The Hall–Kier alpha value is -3.05. The van der Waals surface area contributed by atoms with Gasteiger partial charge in [0.15, 0.2) is 0 Å². The molecule has 0 radical (unpaired) electrons. The second kappa shape index (κ2) is 7.23. The maximum absolute atomic E-state index is 13.8. The number of hydrogen-bond donors (Lipinski definition) is 3. The van der Waals surface area contributed by atoms with Crippen molar-refractivity contribution < 1.29 is 23.1 Å². The van der Waals surface area contributed by atoms with E-state index in [2.05, 4.69) is 10.6 Å². The van der Waals surface area contributed by atoms with Crippen molar-refractivity contribution in [2.24, 2.45) is 0 Å². The normalized spacial score (nSPS) is 12.8. The molecule has 0 aromatic heterocycles. The molecule has 2 amide bonds. The second-order valence-electron chi connectivity index (χ2n) is 5.51. The van der Waals surface area contributed by atoms with Crippen LogP contribution in [0, 0.1) is 28.8 Å². The summed E-state index contributed by atoms with van der Waals surface area (Å²) in [5.74, 6) is -2.36. The molecule has 1 atom stereocenters. The zero-order chi connectivity index (χ0) is 18.6. The molecular formula is C17H14F3N3O2. The minimum atomic E-state index is -1.80. The van der Waals surface area contributed by atoms with Crippen LogP contribution < -0.4 is 10.6 Å². The van der Waals surface area contributed by atoms with E-state index in [1.165, 1.54) is 13.0 Å². The fraction of sp³-hybridized carbons (Fsp3) is 0.176. The monoisotopic (exact) mass is 349 g/mol. The van der Waals surface area contributed by atoms with E-state index < -0.39 is 29.1 Å². The van der Waals surface area contributed by atoms with E-state index in [0.29, 0.717) is 6.07 Å². The lowest BCUT2D eigenvalue weighted by Crippen LogP contribution is -2.41. The number of aliphatic hydroxyl groups is 1. The fourth-order valence-electron chi connectivity index (χ4n) is 2.16. The molecule has 0 aliphatic heterocycles. The number of benzene rings is 2. The third kappa shape index (κ3) is 4.49. The zero-order valence-electron chi connectivity index (χ0n) is 13.1. The van der Waals surface area contributed by atoms with Crippen molar-refractivity contribution in [3.05, 3.63) is 65.0 Å². The summed E-state index contributed by atoms with van der Waals surface area (Å²) in [7, 11) is 0. The van der Waals surface area contributed by atoms with Gasteiger partial charge in [-0.15, -0.1) is 0 Å². The van der Waals surface area contributed by atoms with Crippen LogP contribution in [-0.2, 0) is 5.60 Å². The number of nitrogens with one attached hydrogen (secondary N) is 2. The number of hydrogen-bond acceptors (Lipinski definition) is 3. The molecule has 8 heteroatoms. The van der Waals surface area contributed by atoms with Crippen molar-refractivity contribution in [1.29, 1.82) is 5.26 Å². The minimum Gasteiger partial charge on any atom is -0.383 e. The molecule has 3 N–H and O–H groups in total. The second-order valence-corrected chi connectivity index (χ2v) is 5.51. The third-order valence-corrected chi connectivity index (χ3v) is 3.45. The third-order valence-electron chi connectivity index (χ3n) is 3.45. The highest BCUT2D eigenvalue weighted by Crippen LogP contribution is 2.23. The van der Waals surface area contributed by atoms with Crippen LogP contribution in [0.4, 0.5) is 23.7 Å². The summed E-state index contributed by atoms with van der Waals surface area (Å²) >= 11 is 0. The van der Waals surface area contributed by atoms with Gasteiger partial charge < -0.3 is 15.7 Å². The number of anilines is 1. The number of urea groups is 1. The summed E-state index contributed by atoms with van der Waals surface area (Å²) in [5, 5.41) is 23.9. The quantitative estimate of drug-likeness (QED) is 0.793. The number of amides is 2. The molecule has 0 saturated heterocycles. The molecule has 0 bridgehead atoms. The molecule has 0 saturated carbocycles. The SMILES string of the molecule is CC(O)(CNC(=O)Nc1ccc(F)cc1C#N)c1ccc(F)cc1F. The molecule has 5 nitrogen and oxygen atoms in total. The topological polar surface area (TPSA) is 85.2 Å². The number of carbonyl (C=O) groups excluding carboxylic acids is 1. The molecule has 2 aromatic carbocycles. The first-order chi connectivity index (χ1) is 11.7. The lowest BCUT2D eigenvalue weighted by molar-refractivity contribution is 0.0561. The minimum absolute atomic E-state index is 0.0773. The highest BCUT2D eigenvalue weighted by atomic mass is 19.1. The Morgan fingerprint density at radius 1 is 1.20 bits per heavy atom. The molecule has 130 valence electrons. The first kappa shape index (κ1) is 18.3. The van der Waals surface area contributed by atoms with Crippen LogP contribution in [0.2, 0.25) is 0 Å². The van der Waals surface area contributed by atoms with E-state index in [-0.39, 0.29) is 23.4 Å². The maximum atomic E-state index is 13.8. The molecule has 0 aliphatic rings. The highest BCUT2D eigenvalue weighted by molar-refractivity contribution is 5.90. The zero-order valence-corrected chi connectivity index (χ0v) is 13.1. The molecule has 2 rings (SSSR count). The van der Waals surface area contributed by atoms with Crippen LogP contribution in [0.25, 0.3) is 0 Å². The van der Waals surface area contributed by atoms with Gasteiger partial charge in [-0.25, -0.2) is 18.0 Å². The average molecular weight is 349 g/mol. The molecule has 25 heavy (non-hydrogen) atoms. The largest absolute Gasteiger partial charge is 0.383 e. The molecular weight excluding hydrogens is 335 g/mol. The highest BCUT2D eigenvalue weighted by Gasteiger charge is 2.27. The van der Waals surface area contributed by atoms with E-state index in [1.54, 1.807) is 6.07 Å². The van der Waals surface area contributed by atoms with Crippen LogP contribution >= 0.6 is 0 Å². The number of rotatable bonds is 4. The van der Waals surface area contributed by atoms with Crippen molar-refractivity contribution in [3.8, 4) is 6.07 Å². The first-order valence-electron chi connectivity index (χ1n) is 7.15. The Morgan fingerprint density at radius 2 is 1.84 bits per heavy atom. The number of carbonyl (C=O) groups is 1. The van der Waals surface area contributed by atoms with E-state index in [4.69, 9.17) is 5.26 Å². The predicted molar refractivity (Wildman–Crippen MR) is 84.1 cm³/mol. The molecule has 0 spiro atoms. The molecule has 0 fully saturated rings. The van der Waals surface area contributed by atoms with Crippen LogP contribution in [0.3, 0.4) is 0 Å². The van der Waals surface area contributed by atoms with Gasteiger partial charge in [-0.2, -0.15) is 5.26 Å². The van der Waals surface area contributed by atoms with Gasteiger partial charge in [0.05, 0.1) is 17.8 Å². The summed E-state index contributed by atoms with van der Waals surface area (Å²) in [5.41, 5.74) is -1.98. The Balaban J connectivity index is 2.05. The van der Waals surface area contributed by atoms with Gasteiger partial charge in [0.25, 0.3) is 0 Å². The molecule has 1 unspecified atom stereocenters. The van der Waals surface area contributed by atoms with Gasteiger partial charge in [0.1, 0.15) is 29.1 Å². The van der Waals surface area contributed by atoms with E-state index in [0.717, 1.165) is 24.3 Å². The van der Waals surface area contributed by atoms with Crippen molar-refractivity contribution in [1.82, 2.24) is 5.32 Å². The van der Waals surface area contributed by atoms with Gasteiger partial charge in [-0.05, 0) is 31.2 Å². The fourth-order valence-corrected chi connectivity index (χ4v) is 2.16. The number of nitriles is 1.